The van der Waals surface area contributed by atoms with Crippen molar-refractivity contribution in [3.05, 3.63) is 90.0 Å². The summed E-state index contributed by atoms with van der Waals surface area (Å²) in [6, 6.07) is 19.9. The van der Waals surface area contributed by atoms with E-state index in [0.29, 0.717) is 17.2 Å². The molecule has 5 nitrogen and oxygen atoms in total. The highest BCUT2D eigenvalue weighted by molar-refractivity contribution is 5.98. The number of oxime groups is 1. The third kappa shape index (κ3) is 6.34. The van der Waals surface area contributed by atoms with Gasteiger partial charge < -0.3 is 14.3 Å². The molecule has 0 radical (unpaired) electrons. The molecular weight excluding hydrogens is 423 g/mol. The first-order valence-corrected chi connectivity index (χ1v) is 9.65. The molecule has 0 fully saturated rings. The van der Waals surface area contributed by atoms with Gasteiger partial charge in [-0.3, -0.25) is 0 Å². The molecule has 0 spiro atoms. The van der Waals surface area contributed by atoms with Crippen LogP contribution in [-0.4, -0.2) is 17.8 Å². The Bertz CT molecular complexity index is 1060. The van der Waals surface area contributed by atoms with Gasteiger partial charge in [0.25, 0.3) is 0 Å². The van der Waals surface area contributed by atoms with Gasteiger partial charge in [0, 0.05) is 0 Å². The SMILES string of the molecule is CC(=NOC(=O)C(C)Oc1ccc(Oc2ccc(C(F)(F)F)cc2)cc1)c1ccccc1. The van der Waals surface area contributed by atoms with Crippen LogP contribution in [-0.2, 0) is 15.8 Å². The second-order valence-electron chi connectivity index (χ2n) is 6.81. The van der Waals surface area contributed by atoms with Crippen molar-refractivity contribution in [1.82, 2.24) is 0 Å². The number of halogens is 3. The third-order valence-electron chi connectivity index (χ3n) is 4.35. The van der Waals surface area contributed by atoms with Crippen LogP contribution >= 0.6 is 0 Å². The van der Waals surface area contributed by atoms with Crippen molar-refractivity contribution in [2.45, 2.75) is 26.1 Å². The summed E-state index contributed by atoms with van der Waals surface area (Å²) in [6.45, 7) is 3.26. The Morgan fingerprint density at radius 1 is 0.844 bits per heavy atom. The summed E-state index contributed by atoms with van der Waals surface area (Å²) < 4.78 is 48.9. The van der Waals surface area contributed by atoms with Gasteiger partial charge in [0.05, 0.1) is 11.3 Å². The lowest BCUT2D eigenvalue weighted by Crippen LogP contribution is -2.25. The Hall–Kier alpha value is -3.81. The van der Waals surface area contributed by atoms with Crippen molar-refractivity contribution < 1.29 is 32.3 Å². The van der Waals surface area contributed by atoms with Gasteiger partial charge in [-0.25, -0.2) is 4.79 Å². The van der Waals surface area contributed by atoms with E-state index in [9.17, 15) is 18.0 Å². The van der Waals surface area contributed by atoms with E-state index in [4.69, 9.17) is 14.3 Å². The van der Waals surface area contributed by atoms with Gasteiger partial charge in [-0.05, 0) is 67.9 Å². The summed E-state index contributed by atoms with van der Waals surface area (Å²) in [5, 5.41) is 3.84. The van der Waals surface area contributed by atoms with Crippen LogP contribution in [0.15, 0.2) is 84.0 Å². The standard InChI is InChI=1S/C24H20F3NO4/c1-16(18-6-4-3-5-7-18)28-32-23(29)17(2)30-20-12-14-22(15-13-20)31-21-10-8-19(9-11-21)24(25,26)27/h3-15,17H,1-2H3. The Kier molecular flexibility index (Phi) is 7.14. The molecule has 1 unspecified atom stereocenters. The van der Waals surface area contributed by atoms with Crippen LogP contribution in [0.4, 0.5) is 13.2 Å². The molecule has 0 saturated heterocycles. The zero-order chi connectivity index (χ0) is 23.1. The van der Waals surface area contributed by atoms with Crippen LogP contribution in [0.25, 0.3) is 0 Å². The monoisotopic (exact) mass is 443 g/mol. The average molecular weight is 443 g/mol. The molecule has 0 aliphatic rings. The number of hydrogen-bond donors (Lipinski definition) is 0. The van der Waals surface area contributed by atoms with Crippen molar-refractivity contribution in [3.63, 3.8) is 0 Å². The van der Waals surface area contributed by atoms with E-state index in [1.165, 1.54) is 19.1 Å². The molecule has 0 aliphatic carbocycles. The second-order valence-corrected chi connectivity index (χ2v) is 6.81. The number of benzene rings is 3. The van der Waals surface area contributed by atoms with Gasteiger partial charge in [0.1, 0.15) is 17.2 Å². The molecule has 166 valence electrons. The average Bonchev–Trinajstić information content (AvgIpc) is 2.79. The molecule has 0 amide bonds. The van der Waals surface area contributed by atoms with Crippen molar-refractivity contribution >= 4 is 11.7 Å². The van der Waals surface area contributed by atoms with Crippen LogP contribution in [0.2, 0.25) is 0 Å². The molecule has 0 aliphatic heterocycles. The summed E-state index contributed by atoms with van der Waals surface area (Å²) >= 11 is 0. The summed E-state index contributed by atoms with van der Waals surface area (Å²) in [4.78, 5) is 17.1. The fraction of sp³-hybridized carbons (Fsp3) is 0.167. The van der Waals surface area contributed by atoms with Crippen LogP contribution in [0, 0.1) is 0 Å². The van der Waals surface area contributed by atoms with Gasteiger partial charge >= 0.3 is 12.1 Å². The fourth-order valence-corrected chi connectivity index (χ4v) is 2.61. The fourth-order valence-electron chi connectivity index (χ4n) is 2.61. The van der Waals surface area contributed by atoms with E-state index in [1.807, 2.05) is 30.3 Å². The predicted octanol–water partition coefficient (Wildman–Crippen LogP) is 6.23. The number of carbonyl (C=O) groups is 1. The maximum Gasteiger partial charge on any atom is 0.416 e. The molecule has 1 atom stereocenters. The summed E-state index contributed by atoms with van der Waals surface area (Å²) in [5.74, 6) is 0.383. The maximum atomic E-state index is 12.6. The van der Waals surface area contributed by atoms with Gasteiger partial charge in [0.2, 0.25) is 0 Å². The maximum absolute atomic E-state index is 12.6. The lowest BCUT2D eigenvalue weighted by molar-refractivity contribution is -0.151. The molecule has 0 bridgehead atoms. The number of hydrogen-bond acceptors (Lipinski definition) is 5. The predicted molar refractivity (Wildman–Crippen MR) is 113 cm³/mol. The molecule has 0 N–H and O–H groups in total. The van der Waals surface area contributed by atoms with E-state index < -0.39 is 23.8 Å². The lowest BCUT2D eigenvalue weighted by Gasteiger charge is -2.13. The Labute approximate surface area is 183 Å². The highest BCUT2D eigenvalue weighted by Crippen LogP contribution is 2.31. The minimum Gasteiger partial charge on any atom is -0.479 e. The first kappa shape index (κ1) is 22.9. The van der Waals surface area contributed by atoms with Crippen LogP contribution in [0.3, 0.4) is 0 Å². The normalized spacial score (nSPS) is 12.7. The molecular formula is C24H20F3NO4. The van der Waals surface area contributed by atoms with Gasteiger partial charge in [-0.1, -0.05) is 35.5 Å². The molecule has 0 aromatic heterocycles. The number of rotatable bonds is 7. The van der Waals surface area contributed by atoms with Crippen LogP contribution in [0.5, 0.6) is 17.2 Å². The Morgan fingerprint density at radius 3 is 1.94 bits per heavy atom. The van der Waals surface area contributed by atoms with E-state index >= 15 is 0 Å². The lowest BCUT2D eigenvalue weighted by atomic mass is 10.1. The quantitative estimate of drug-likeness (QED) is 0.247. The van der Waals surface area contributed by atoms with E-state index in [-0.39, 0.29) is 5.75 Å². The second kappa shape index (κ2) is 10.00. The summed E-state index contributed by atoms with van der Waals surface area (Å²) in [6.07, 6.45) is -5.31. The van der Waals surface area contributed by atoms with Crippen LogP contribution < -0.4 is 9.47 Å². The van der Waals surface area contributed by atoms with Gasteiger partial charge in [-0.15, -0.1) is 0 Å². The minimum atomic E-state index is -4.40. The van der Waals surface area contributed by atoms with E-state index in [1.54, 1.807) is 31.2 Å². The zero-order valence-corrected chi connectivity index (χ0v) is 17.3. The van der Waals surface area contributed by atoms with E-state index in [2.05, 4.69) is 5.16 Å². The number of carbonyl (C=O) groups excluding carboxylic acids is 1. The highest BCUT2D eigenvalue weighted by Gasteiger charge is 2.30. The van der Waals surface area contributed by atoms with Crippen molar-refractivity contribution in [1.29, 1.82) is 0 Å². The van der Waals surface area contributed by atoms with Gasteiger partial charge in [-0.2, -0.15) is 13.2 Å². The smallest absolute Gasteiger partial charge is 0.416 e. The highest BCUT2D eigenvalue weighted by atomic mass is 19.4. The number of ether oxygens (including phenoxy) is 2. The largest absolute Gasteiger partial charge is 0.479 e. The van der Waals surface area contributed by atoms with Crippen molar-refractivity contribution in [3.8, 4) is 17.2 Å². The molecule has 3 rings (SSSR count). The van der Waals surface area contributed by atoms with Gasteiger partial charge in [0.15, 0.2) is 6.10 Å². The van der Waals surface area contributed by atoms with Crippen molar-refractivity contribution in [2.75, 3.05) is 0 Å². The van der Waals surface area contributed by atoms with Crippen molar-refractivity contribution in [2.24, 2.45) is 5.16 Å². The Morgan fingerprint density at radius 2 is 1.38 bits per heavy atom. The molecule has 0 saturated carbocycles. The molecule has 3 aromatic rings. The number of nitrogens with zero attached hydrogens (tertiary/aromatic N) is 1. The summed E-state index contributed by atoms with van der Waals surface area (Å²) in [7, 11) is 0. The van der Waals surface area contributed by atoms with Crippen LogP contribution in [0.1, 0.15) is 25.0 Å². The summed E-state index contributed by atoms with van der Waals surface area (Å²) in [5.41, 5.74) is 0.631. The molecule has 0 heterocycles. The first-order chi connectivity index (χ1) is 15.2. The molecule has 32 heavy (non-hydrogen) atoms. The zero-order valence-electron chi connectivity index (χ0n) is 17.3. The van der Waals surface area contributed by atoms with E-state index in [0.717, 1.165) is 17.7 Å². The number of alkyl halides is 3. The molecule has 8 heteroatoms. The minimum absolute atomic E-state index is 0.260. The third-order valence-corrected chi connectivity index (χ3v) is 4.35. The first-order valence-electron chi connectivity index (χ1n) is 9.65. The Balaban J connectivity index is 1.54. The molecule has 3 aromatic carbocycles. The topological polar surface area (TPSA) is 57.1 Å².